The van der Waals surface area contributed by atoms with Crippen molar-refractivity contribution in [1.29, 1.82) is 0 Å². The summed E-state index contributed by atoms with van der Waals surface area (Å²) in [5.74, 6) is 1.37. The summed E-state index contributed by atoms with van der Waals surface area (Å²) in [5.41, 5.74) is 9.60. The molecule has 0 radical (unpaired) electrons. The number of anilines is 1. The molecular weight excluding hydrogens is 1140 g/mol. The van der Waals surface area contributed by atoms with Crippen LogP contribution in [-0.4, -0.2) is 110 Å². The first-order chi connectivity index (χ1) is 41.9. The van der Waals surface area contributed by atoms with E-state index in [4.69, 9.17) is 28.4 Å². The van der Waals surface area contributed by atoms with E-state index >= 15 is 0 Å². The summed E-state index contributed by atoms with van der Waals surface area (Å²) in [5, 5.41) is 2.93. The summed E-state index contributed by atoms with van der Waals surface area (Å²) < 4.78 is 36.8. The molecule has 0 spiro atoms. The second-order valence-electron chi connectivity index (χ2n) is 27.2. The number of benzene rings is 4. The predicted molar refractivity (Wildman–Crippen MR) is 358 cm³/mol. The van der Waals surface area contributed by atoms with Crippen molar-refractivity contribution in [2.24, 2.45) is 17.8 Å². The minimum absolute atomic E-state index is 0.0615. The number of ether oxygens (including phenoxy) is 6. The van der Waals surface area contributed by atoms with Gasteiger partial charge in [-0.3, -0.25) is 24.0 Å². The molecule has 1 N–H and O–H groups in total. The summed E-state index contributed by atoms with van der Waals surface area (Å²) in [6, 6.07) is 24.4. The van der Waals surface area contributed by atoms with Gasteiger partial charge in [-0.05, 0) is 149 Å². The van der Waals surface area contributed by atoms with Gasteiger partial charge in [-0.25, -0.2) is 0 Å². The van der Waals surface area contributed by atoms with E-state index in [0.29, 0.717) is 107 Å². The van der Waals surface area contributed by atoms with Crippen LogP contribution in [-0.2, 0) is 23.9 Å². The number of fused-ring (bicyclic) bond motifs is 2. The number of carbonyl (C=O) groups is 5. The number of amides is 2. The molecule has 1 saturated carbocycles. The third-order valence-corrected chi connectivity index (χ3v) is 20.8. The summed E-state index contributed by atoms with van der Waals surface area (Å²) in [7, 11) is 0.324. The highest BCUT2D eigenvalue weighted by atomic mass is 28.3. The van der Waals surface area contributed by atoms with Crippen LogP contribution in [0.2, 0.25) is 51.4 Å². The molecule has 0 bridgehead atoms. The topological polar surface area (TPSA) is 156 Å². The molecule has 0 saturated heterocycles. The second kappa shape index (κ2) is 30.1. The van der Waals surface area contributed by atoms with Gasteiger partial charge in [0.1, 0.15) is 6.04 Å². The van der Waals surface area contributed by atoms with Gasteiger partial charge >= 0.3 is 0 Å². The maximum atomic E-state index is 14.8. The maximum Gasteiger partial charge on any atom is 0.258 e. The zero-order chi connectivity index (χ0) is 63.5. The zero-order valence-corrected chi connectivity index (χ0v) is 56.3. The molecule has 13 nitrogen and oxygen atoms in total. The Morgan fingerprint density at radius 3 is 1.94 bits per heavy atom. The third kappa shape index (κ3) is 17.7. The van der Waals surface area contributed by atoms with Crippen molar-refractivity contribution in [3.05, 3.63) is 154 Å². The van der Waals surface area contributed by atoms with Crippen LogP contribution >= 0.6 is 0 Å². The van der Waals surface area contributed by atoms with E-state index in [9.17, 15) is 24.0 Å². The molecule has 470 valence electrons. The number of carbonyl (C=O) groups excluding carboxylic acids is 5. The lowest BCUT2D eigenvalue weighted by Crippen LogP contribution is -2.39. The van der Waals surface area contributed by atoms with Gasteiger partial charge in [0.25, 0.3) is 5.91 Å². The molecule has 15 heteroatoms. The molecule has 3 aliphatic carbocycles. The number of hydrogen-bond acceptors (Lipinski definition) is 11. The minimum Gasteiger partial charge on any atom is -0.493 e. The fourth-order valence-electron chi connectivity index (χ4n) is 11.7. The summed E-state index contributed by atoms with van der Waals surface area (Å²) >= 11 is 0. The summed E-state index contributed by atoms with van der Waals surface area (Å²) in [4.78, 5) is 72.4. The van der Waals surface area contributed by atoms with Crippen LogP contribution in [0.15, 0.2) is 115 Å². The normalized spacial score (nSPS) is 18.8. The molecule has 4 aliphatic rings. The Labute approximate surface area is 525 Å². The van der Waals surface area contributed by atoms with Crippen LogP contribution in [0.5, 0.6) is 23.0 Å². The number of nitrogens with one attached hydrogen (secondary N) is 1. The number of hydrogen-bond donors (Lipinski definition) is 1. The number of nitrogens with zero attached hydrogens (tertiary/aromatic N) is 1. The predicted octanol–water partition coefficient (Wildman–Crippen LogP) is 15.8. The van der Waals surface area contributed by atoms with Crippen LogP contribution in [0.3, 0.4) is 0 Å². The van der Waals surface area contributed by atoms with Crippen molar-refractivity contribution in [3.8, 4) is 23.0 Å². The summed E-state index contributed by atoms with van der Waals surface area (Å²) in [6.45, 7) is 27.9. The highest BCUT2D eigenvalue weighted by Crippen LogP contribution is 2.43. The lowest BCUT2D eigenvalue weighted by Gasteiger charge is -2.27. The fourth-order valence-corrected chi connectivity index (χ4v) is 13.2. The fraction of sp³-hybridized carbons (Fsp3) is 0.466. The van der Waals surface area contributed by atoms with E-state index in [1.54, 1.807) is 43.7 Å². The van der Waals surface area contributed by atoms with Crippen molar-refractivity contribution in [1.82, 2.24) is 4.90 Å². The van der Waals surface area contributed by atoms with E-state index in [1.807, 2.05) is 51.1 Å². The van der Waals surface area contributed by atoms with E-state index in [2.05, 4.69) is 88.4 Å². The maximum absolute atomic E-state index is 14.8. The van der Waals surface area contributed by atoms with Gasteiger partial charge in [0.2, 0.25) is 5.91 Å². The summed E-state index contributed by atoms with van der Waals surface area (Å²) in [6.07, 6.45) is 14.1. The van der Waals surface area contributed by atoms with Gasteiger partial charge in [0.05, 0.1) is 40.6 Å². The molecule has 1 heterocycles. The molecule has 8 rings (SSSR count). The van der Waals surface area contributed by atoms with E-state index < -0.39 is 28.1 Å². The molecule has 4 aromatic carbocycles. The smallest absolute Gasteiger partial charge is 0.258 e. The number of Topliss-reactive ketones (excluding diaryl/α,β-unsaturated/α-hetero) is 2. The van der Waals surface area contributed by atoms with Gasteiger partial charge in [-0.15, -0.1) is 0 Å². The largest absolute Gasteiger partial charge is 0.493 e. The van der Waals surface area contributed by atoms with E-state index in [-0.39, 0.29) is 67.7 Å². The molecule has 4 aromatic rings. The van der Waals surface area contributed by atoms with Gasteiger partial charge < -0.3 is 38.6 Å². The van der Waals surface area contributed by atoms with Crippen molar-refractivity contribution in [2.45, 2.75) is 149 Å². The molecule has 0 aromatic heterocycles. The number of aryl methyl sites for hydroxylation is 1. The van der Waals surface area contributed by atoms with Gasteiger partial charge in [0, 0.05) is 83.5 Å². The van der Waals surface area contributed by atoms with Crippen LogP contribution in [0.1, 0.15) is 133 Å². The van der Waals surface area contributed by atoms with Crippen molar-refractivity contribution in [3.63, 3.8) is 0 Å². The van der Waals surface area contributed by atoms with Gasteiger partial charge in [-0.1, -0.05) is 134 Å². The zero-order valence-electron chi connectivity index (χ0n) is 54.3. The first-order valence-electron chi connectivity index (χ1n) is 31.7. The lowest BCUT2D eigenvalue weighted by atomic mass is 9.78. The first-order valence-corrected chi connectivity index (χ1v) is 39.1. The highest BCUT2D eigenvalue weighted by Gasteiger charge is 2.38. The molecule has 1 aliphatic heterocycles. The number of ketones is 3. The standard InChI is InChI=1S/C73H94N2O11Si2/c1-47(2)72(79)74-59-27-25-54(26-28-59)57-39-64(71(78)49(4)29-32-83-33-35-87(8,9)10)75(45-57)73(80)60-42-67(81-6)69(37-50(60)5)85-30-14-31-86-70-43-61-58(46-84-34-36-88(11,12)13)41-65(76)62-38-55(23-24-56(62)40-66(77)63(61)44-68(70)82-7)53-21-19-52(20-22-53)51-17-15-48(3)16-18-51/h19-28,37,41-45,47-48,51,62,64H,4,14-18,29-36,38-40,46H2,1-3,5-13H3,(H,74,79)/t48?,51?,62-,64+/m1/s1. The Kier molecular flexibility index (Phi) is 22.9. The molecule has 2 atom stereocenters. The Morgan fingerprint density at radius 2 is 1.31 bits per heavy atom. The Balaban J connectivity index is 0.966. The quantitative estimate of drug-likeness (QED) is 0.0344. The monoisotopic (exact) mass is 1230 g/mol. The van der Waals surface area contributed by atoms with E-state index in [1.165, 1.54) is 43.3 Å². The highest BCUT2D eigenvalue weighted by molar-refractivity contribution is 6.76. The number of allylic oxidation sites excluding steroid dienone is 5. The Hall–Kier alpha value is -6.92. The Morgan fingerprint density at radius 1 is 0.705 bits per heavy atom. The average Bonchev–Trinajstić information content (AvgIpc) is 1.84. The van der Waals surface area contributed by atoms with Crippen LogP contribution in [0.25, 0.3) is 16.7 Å². The Bertz CT molecular complexity index is 3330. The van der Waals surface area contributed by atoms with Crippen LogP contribution < -0.4 is 24.3 Å². The van der Waals surface area contributed by atoms with Crippen LogP contribution in [0.4, 0.5) is 5.69 Å². The second-order valence-corrected chi connectivity index (χ2v) is 38.4. The third-order valence-electron chi connectivity index (χ3n) is 17.4. The van der Waals surface area contributed by atoms with Crippen molar-refractivity contribution in [2.75, 3.05) is 59.2 Å². The molecule has 1 fully saturated rings. The SMILES string of the molecule is C=C(CCOCC[Si](C)(C)C)C(=O)[C@@H]1CC(c2ccc(NC(=O)C(C)C)cc2)=CN1C(=O)c1cc(OC)c(OCCCOc2cc3c(cc2OC)C(=O)CC2=CC=C(c4ccc(C5CCC(C)CC5)cc4)C[C@H]2C(=O)C=C3COCC[Si](C)(C)C)cc1C. The minimum atomic E-state index is -1.44. The molecule has 0 unspecified atom stereocenters. The van der Waals surface area contributed by atoms with Crippen molar-refractivity contribution >= 4 is 67.7 Å². The van der Waals surface area contributed by atoms with Gasteiger partial charge in [0.15, 0.2) is 40.3 Å². The van der Waals surface area contributed by atoms with E-state index in [0.717, 1.165) is 45.9 Å². The molecular formula is C73H94N2O11Si2. The molecule has 2 amide bonds. The van der Waals surface area contributed by atoms with Crippen molar-refractivity contribution < 1.29 is 52.4 Å². The number of rotatable bonds is 27. The van der Waals surface area contributed by atoms with Gasteiger partial charge in [-0.2, -0.15) is 0 Å². The molecule has 88 heavy (non-hydrogen) atoms. The first kappa shape index (κ1) is 67.0. The number of methoxy groups -OCH3 is 2. The average molecular weight is 1230 g/mol. The lowest BCUT2D eigenvalue weighted by molar-refractivity contribution is -0.119. The van der Waals surface area contributed by atoms with Crippen LogP contribution in [0, 0.1) is 24.7 Å².